The van der Waals surface area contributed by atoms with E-state index in [1.807, 2.05) is 24.3 Å². The van der Waals surface area contributed by atoms with Crippen LogP contribution in [0.5, 0.6) is 0 Å². The Bertz CT molecular complexity index is 854. The zero-order valence-corrected chi connectivity index (χ0v) is 12.6. The Hall–Kier alpha value is -1.53. The molecule has 102 valence electrons. The van der Waals surface area contributed by atoms with Gasteiger partial charge in [0.2, 0.25) is 0 Å². The number of rotatable bonds is 2. The topological polar surface area (TPSA) is 20.7 Å². The van der Waals surface area contributed by atoms with E-state index in [2.05, 4.69) is 20.9 Å². The maximum atomic E-state index is 14.0. The highest BCUT2D eigenvalue weighted by Gasteiger charge is 2.13. The van der Waals surface area contributed by atoms with Crippen LogP contribution in [0.4, 0.5) is 8.78 Å². The zero-order valence-electron chi connectivity index (χ0n) is 10.2. The van der Waals surface area contributed by atoms with Crippen molar-refractivity contribution >= 4 is 39.2 Å². The van der Waals surface area contributed by atoms with Gasteiger partial charge in [-0.25, -0.2) is 8.78 Å². The van der Waals surface area contributed by atoms with Crippen molar-refractivity contribution in [3.63, 3.8) is 0 Å². The van der Waals surface area contributed by atoms with Crippen molar-refractivity contribution in [2.75, 3.05) is 0 Å². The molecule has 0 unspecified atom stereocenters. The van der Waals surface area contributed by atoms with Gasteiger partial charge < -0.3 is 9.55 Å². The van der Waals surface area contributed by atoms with Crippen LogP contribution in [0.2, 0.25) is 0 Å². The van der Waals surface area contributed by atoms with Gasteiger partial charge >= 0.3 is 0 Å². The first-order valence-electron chi connectivity index (χ1n) is 5.87. The molecule has 0 aliphatic rings. The van der Waals surface area contributed by atoms with Gasteiger partial charge in [-0.2, -0.15) is 0 Å². The molecule has 1 heterocycles. The SMILES string of the molecule is Fc1ccc2[nH]c(=S)n(Cc3cccc(Br)c3)c2c1F. The summed E-state index contributed by atoms with van der Waals surface area (Å²) in [6.07, 6.45) is 0. The van der Waals surface area contributed by atoms with Crippen LogP contribution >= 0.6 is 28.1 Å². The summed E-state index contributed by atoms with van der Waals surface area (Å²) in [6.45, 7) is 0.374. The average Bonchev–Trinajstić information content (AvgIpc) is 2.72. The molecule has 0 radical (unpaired) electrons. The summed E-state index contributed by atoms with van der Waals surface area (Å²) in [4.78, 5) is 2.89. The molecule has 20 heavy (non-hydrogen) atoms. The van der Waals surface area contributed by atoms with Crippen molar-refractivity contribution in [2.45, 2.75) is 6.54 Å². The first kappa shape index (κ1) is 13.5. The van der Waals surface area contributed by atoms with Crippen LogP contribution in [-0.2, 0) is 6.54 Å². The molecule has 0 aliphatic heterocycles. The molecule has 0 saturated carbocycles. The van der Waals surface area contributed by atoms with E-state index in [0.717, 1.165) is 16.1 Å². The number of nitrogens with one attached hydrogen (secondary N) is 1. The summed E-state index contributed by atoms with van der Waals surface area (Å²) in [5.41, 5.74) is 1.60. The highest BCUT2D eigenvalue weighted by Crippen LogP contribution is 2.22. The van der Waals surface area contributed by atoms with E-state index in [1.165, 1.54) is 6.07 Å². The van der Waals surface area contributed by atoms with Crippen molar-refractivity contribution in [3.8, 4) is 0 Å². The second-order valence-electron chi connectivity index (χ2n) is 4.40. The molecule has 2 nitrogen and oxygen atoms in total. The third kappa shape index (κ3) is 2.29. The molecule has 0 amide bonds. The molecule has 3 rings (SSSR count). The Morgan fingerprint density at radius 3 is 2.75 bits per heavy atom. The quantitative estimate of drug-likeness (QED) is 0.656. The zero-order chi connectivity index (χ0) is 14.3. The molecular weight excluding hydrogens is 346 g/mol. The molecule has 0 saturated heterocycles. The number of fused-ring (bicyclic) bond motifs is 1. The van der Waals surface area contributed by atoms with Crippen LogP contribution in [0.3, 0.4) is 0 Å². The van der Waals surface area contributed by atoms with Gasteiger partial charge in [-0.05, 0) is 42.0 Å². The number of aromatic nitrogens is 2. The Kier molecular flexibility index (Phi) is 3.43. The van der Waals surface area contributed by atoms with E-state index in [0.29, 0.717) is 16.8 Å². The monoisotopic (exact) mass is 354 g/mol. The second-order valence-corrected chi connectivity index (χ2v) is 5.71. The van der Waals surface area contributed by atoms with Gasteiger partial charge in [0.05, 0.1) is 12.1 Å². The van der Waals surface area contributed by atoms with Crippen LogP contribution in [0.1, 0.15) is 5.56 Å². The molecule has 0 atom stereocenters. The van der Waals surface area contributed by atoms with E-state index in [1.54, 1.807) is 4.57 Å². The number of hydrogen-bond donors (Lipinski definition) is 1. The normalized spacial score (nSPS) is 11.2. The van der Waals surface area contributed by atoms with Crippen LogP contribution < -0.4 is 0 Å². The van der Waals surface area contributed by atoms with Crippen molar-refractivity contribution < 1.29 is 8.78 Å². The number of halogens is 3. The number of imidazole rings is 1. The first-order valence-corrected chi connectivity index (χ1v) is 7.07. The van der Waals surface area contributed by atoms with E-state index in [4.69, 9.17) is 12.2 Å². The third-order valence-corrected chi connectivity index (χ3v) is 3.87. The minimum absolute atomic E-state index is 0.162. The lowest BCUT2D eigenvalue weighted by molar-refractivity contribution is 0.512. The number of hydrogen-bond acceptors (Lipinski definition) is 1. The second kappa shape index (κ2) is 5.10. The van der Waals surface area contributed by atoms with Crippen molar-refractivity contribution in [3.05, 3.63) is 62.8 Å². The smallest absolute Gasteiger partial charge is 0.184 e. The van der Waals surface area contributed by atoms with Crippen LogP contribution in [-0.4, -0.2) is 9.55 Å². The third-order valence-electron chi connectivity index (χ3n) is 3.06. The van der Waals surface area contributed by atoms with Crippen molar-refractivity contribution in [1.82, 2.24) is 9.55 Å². The van der Waals surface area contributed by atoms with Gasteiger partial charge in [-0.15, -0.1) is 0 Å². The standard InChI is InChI=1S/C14H9BrF2N2S/c15-9-3-1-2-8(6-9)7-19-13-11(18-14(19)20)5-4-10(16)12(13)17/h1-6H,7H2,(H,18,20). The number of benzene rings is 2. The molecule has 1 aromatic heterocycles. The summed E-state index contributed by atoms with van der Waals surface area (Å²) >= 11 is 8.58. The number of aromatic amines is 1. The molecule has 0 spiro atoms. The molecular formula is C14H9BrF2N2S. The van der Waals surface area contributed by atoms with Crippen LogP contribution in [0.15, 0.2) is 40.9 Å². The lowest BCUT2D eigenvalue weighted by atomic mass is 10.2. The summed E-state index contributed by atoms with van der Waals surface area (Å²) in [7, 11) is 0. The van der Waals surface area contributed by atoms with E-state index >= 15 is 0 Å². The minimum Gasteiger partial charge on any atom is -0.330 e. The Morgan fingerprint density at radius 2 is 2.00 bits per heavy atom. The van der Waals surface area contributed by atoms with Gasteiger partial charge in [-0.3, -0.25) is 0 Å². The summed E-state index contributed by atoms with van der Waals surface area (Å²) in [5.74, 6) is -1.76. The van der Waals surface area contributed by atoms with Crippen molar-refractivity contribution in [2.24, 2.45) is 0 Å². The summed E-state index contributed by atoms with van der Waals surface area (Å²) in [6, 6.07) is 10.2. The lowest BCUT2D eigenvalue weighted by Gasteiger charge is -2.06. The predicted octanol–water partition coefficient (Wildman–Crippen LogP) is 4.79. The largest absolute Gasteiger partial charge is 0.330 e. The Balaban J connectivity index is 2.18. The van der Waals surface area contributed by atoms with Gasteiger partial charge in [-0.1, -0.05) is 28.1 Å². The number of nitrogens with zero attached hydrogens (tertiary/aromatic N) is 1. The van der Waals surface area contributed by atoms with Gasteiger partial charge in [0.25, 0.3) is 0 Å². The van der Waals surface area contributed by atoms with Crippen LogP contribution in [0, 0.1) is 16.4 Å². The summed E-state index contributed by atoms with van der Waals surface area (Å²) < 4.78 is 30.2. The summed E-state index contributed by atoms with van der Waals surface area (Å²) in [5, 5.41) is 0. The van der Waals surface area contributed by atoms with E-state index in [9.17, 15) is 8.78 Å². The van der Waals surface area contributed by atoms with E-state index in [-0.39, 0.29) is 5.52 Å². The van der Waals surface area contributed by atoms with Gasteiger partial charge in [0.15, 0.2) is 16.4 Å². The minimum atomic E-state index is -0.884. The molecule has 3 aromatic rings. The fourth-order valence-electron chi connectivity index (χ4n) is 2.16. The maximum Gasteiger partial charge on any atom is 0.184 e. The Morgan fingerprint density at radius 1 is 1.20 bits per heavy atom. The molecule has 1 N–H and O–H groups in total. The fourth-order valence-corrected chi connectivity index (χ4v) is 2.87. The fraction of sp³-hybridized carbons (Fsp3) is 0.0714. The molecule has 0 fully saturated rings. The predicted molar refractivity (Wildman–Crippen MR) is 80.3 cm³/mol. The van der Waals surface area contributed by atoms with Crippen LogP contribution in [0.25, 0.3) is 11.0 Å². The molecule has 0 bridgehead atoms. The highest BCUT2D eigenvalue weighted by atomic mass is 79.9. The number of H-pyrrole nitrogens is 1. The molecule has 0 aliphatic carbocycles. The molecule has 2 aromatic carbocycles. The Labute approximate surface area is 127 Å². The highest BCUT2D eigenvalue weighted by molar-refractivity contribution is 9.10. The lowest BCUT2D eigenvalue weighted by Crippen LogP contribution is -2.02. The maximum absolute atomic E-state index is 14.0. The van der Waals surface area contributed by atoms with Gasteiger partial charge in [0.1, 0.15) is 5.52 Å². The van der Waals surface area contributed by atoms with Crippen molar-refractivity contribution in [1.29, 1.82) is 0 Å². The van der Waals surface area contributed by atoms with E-state index < -0.39 is 11.6 Å². The van der Waals surface area contributed by atoms with Gasteiger partial charge in [0, 0.05) is 4.47 Å². The average molecular weight is 355 g/mol. The molecule has 6 heteroatoms. The first-order chi connectivity index (χ1) is 9.56.